The topological polar surface area (TPSA) is 67.8 Å². The first-order valence-corrected chi connectivity index (χ1v) is 7.48. The van der Waals surface area contributed by atoms with Crippen molar-refractivity contribution in [2.45, 2.75) is 20.4 Å². The summed E-state index contributed by atoms with van der Waals surface area (Å²) in [5, 5.41) is 4.76. The molecule has 21 heavy (non-hydrogen) atoms. The summed E-state index contributed by atoms with van der Waals surface area (Å²) in [5.41, 5.74) is 6.51. The van der Waals surface area contributed by atoms with Gasteiger partial charge in [-0.2, -0.15) is 0 Å². The summed E-state index contributed by atoms with van der Waals surface area (Å²) in [6.45, 7) is 4.27. The quantitative estimate of drug-likeness (QED) is 0.807. The normalized spacial score (nSPS) is 10.8. The number of benzene rings is 1. The Morgan fingerprint density at radius 2 is 1.95 bits per heavy atom. The van der Waals surface area contributed by atoms with Crippen LogP contribution in [0.3, 0.4) is 0 Å². The fourth-order valence-electron chi connectivity index (χ4n) is 1.97. The van der Waals surface area contributed by atoms with Crippen molar-refractivity contribution in [2.75, 3.05) is 0 Å². The molecule has 0 aliphatic rings. The Morgan fingerprint density at radius 1 is 1.19 bits per heavy atom. The van der Waals surface area contributed by atoms with Gasteiger partial charge in [-0.25, -0.2) is 15.0 Å². The number of aryl methyl sites for hydroxylation is 2. The number of nitrogens with zero attached hydrogens (tertiary/aromatic N) is 3. The van der Waals surface area contributed by atoms with E-state index >= 15 is 0 Å². The van der Waals surface area contributed by atoms with E-state index in [1.165, 1.54) is 11.3 Å². The molecule has 0 aliphatic carbocycles. The van der Waals surface area contributed by atoms with Gasteiger partial charge in [0.1, 0.15) is 0 Å². The number of rotatable bonds is 3. The Hall–Kier alpha value is -2.34. The molecule has 2 aromatic heterocycles. The van der Waals surface area contributed by atoms with E-state index in [4.69, 9.17) is 0 Å². The molecule has 0 radical (unpaired) electrons. The molecule has 0 atom stereocenters. The van der Waals surface area contributed by atoms with Gasteiger partial charge in [-0.05, 0) is 32.0 Å². The molecule has 0 fully saturated rings. The summed E-state index contributed by atoms with van der Waals surface area (Å²) < 4.78 is 0. The fourth-order valence-corrected chi connectivity index (χ4v) is 2.53. The van der Waals surface area contributed by atoms with E-state index in [2.05, 4.69) is 20.3 Å². The third-order valence-electron chi connectivity index (χ3n) is 3.25. The number of carbonyl (C=O) groups excluding carboxylic acids is 1. The number of amides is 1. The van der Waals surface area contributed by atoms with E-state index in [0.29, 0.717) is 12.1 Å². The number of carbonyl (C=O) groups is 1. The first kappa shape index (κ1) is 13.6. The zero-order valence-corrected chi connectivity index (χ0v) is 12.6. The van der Waals surface area contributed by atoms with Gasteiger partial charge in [0.25, 0.3) is 5.91 Å². The Balaban J connectivity index is 1.83. The highest BCUT2D eigenvalue weighted by atomic mass is 32.1. The van der Waals surface area contributed by atoms with E-state index in [1.807, 2.05) is 25.3 Å². The van der Waals surface area contributed by atoms with Gasteiger partial charge < -0.3 is 5.32 Å². The van der Waals surface area contributed by atoms with E-state index in [0.717, 1.165) is 28.1 Å². The van der Waals surface area contributed by atoms with Gasteiger partial charge in [0.15, 0.2) is 0 Å². The van der Waals surface area contributed by atoms with Gasteiger partial charge in [-0.3, -0.25) is 4.79 Å². The summed E-state index contributed by atoms with van der Waals surface area (Å²) >= 11 is 1.51. The maximum absolute atomic E-state index is 12.2. The second-order valence-corrected chi connectivity index (χ2v) is 5.48. The smallest absolute Gasteiger partial charge is 0.251 e. The van der Waals surface area contributed by atoms with Gasteiger partial charge in [0, 0.05) is 10.9 Å². The average Bonchev–Trinajstić information content (AvgIpc) is 2.99. The lowest BCUT2D eigenvalue weighted by atomic mass is 10.1. The first-order valence-electron chi connectivity index (χ1n) is 6.54. The number of hydrogen-bond donors (Lipinski definition) is 1. The minimum atomic E-state index is -0.134. The van der Waals surface area contributed by atoms with Crippen molar-refractivity contribution >= 4 is 28.3 Å². The summed E-state index contributed by atoms with van der Waals surface area (Å²) in [6, 6.07) is 5.36. The number of nitrogens with one attached hydrogen (secondary N) is 1. The van der Waals surface area contributed by atoms with Crippen LogP contribution in [0.15, 0.2) is 29.1 Å². The van der Waals surface area contributed by atoms with Crippen LogP contribution in [0.5, 0.6) is 0 Å². The predicted molar refractivity (Wildman–Crippen MR) is 82.3 cm³/mol. The van der Waals surface area contributed by atoms with Crippen molar-refractivity contribution in [1.82, 2.24) is 20.3 Å². The summed E-state index contributed by atoms with van der Waals surface area (Å²) in [7, 11) is 0. The number of thiazole rings is 1. The monoisotopic (exact) mass is 298 g/mol. The van der Waals surface area contributed by atoms with Crippen LogP contribution in [-0.4, -0.2) is 20.9 Å². The first-order chi connectivity index (χ1) is 10.1. The second kappa shape index (κ2) is 5.57. The van der Waals surface area contributed by atoms with Gasteiger partial charge in [-0.15, -0.1) is 11.3 Å². The maximum Gasteiger partial charge on any atom is 0.251 e. The van der Waals surface area contributed by atoms with Crippen molar-refractivity contribution in [3.8, 4) is 0 Å². The van der Waals surface area contributed by atoms with Gasteiger partial charge >= 0.3 is 0 Å². The average molecular weight is 298 g/mol. The van der Waals surface area contributed by atoms with Crippen molar-refractivity contribution in [1.29, 1.82) is 0 Å². The summed E-state index contributed by atoms with van der Waals surface area (Å²) in [4.78, 5) is 25.2. The molecule has 3 aromatic rings. The van der Waals surface area contributed by atoms with E-state index < -0.39 is 0 Å². The largest absolute Gasteiger partial charge is 0.346 e. The third-order valence-corrected chi connectivity index (χ3v) is 3.89. The Labute approximate surface area is 126 Å². The highest BCUT2D eigenvalue weighted by Gasteiger charge is 2.09. The molecule has 0 bridgehead atoms. The zero-order chi connectivity index (χ0) is 14.8. The van der Waals surface area contributed by atoms with Crippen LogP contribution in [0, 0.1) is 13.8 Å². The van der Waals surface area contributed by atoms with E-state index in [9.17, 15) is 4.79 Å². The number of aromatic nitrogens is 3. The van der Waals surface area contributed by atoms with Crippen LogP contribution < -0.4 is 5.32 Å². The Kier molecular flexibility index (Phi) is 3.62. The van der Waals surface area contributed by atoms with Gasteiger partial charge in [-0.1, -0.05) is 0 Å². The maximum atomic E-state index is 12.2. The lowest BCUT2D eigenvalue weighted by Crippen LogP contribution is -2.22. The predicted octanol–water partition coefficient (Wildman–Crippen LogP) is 2.63. The van der Waals surface area contributed by atoms with Crippen LogP contribution in [0.1, 0.15) is 27.4 Å². The molecule has 0 aliphatic heterocycles. The molecule has 0 spiro atoms. The molecule has 0 saturated carbocycles. The minimum absolute atomic E-state index is 0.134. The molecule has 3 rings (SSSR count). The molecule has 0 saturated heterocycles. The van der Waals surface area contributed by atoms with Crippen molar-refractivity contribution < 1.29 is 4.79 Å². The van der Waals surface area contributed by atoms with Crippen LogP contribution in [0.4, 0.5) is 0 Å². The molecular formula is C15H14N4OS. The molecule has 106 valence electrons. The highest BCUT2D eigenvalue weighted by Crippen LogP contribution is 2.14. The minimum Gasteiger partial charge on any atom is -0.346 e. The van der Waals surface area contributed by atoms with Crippen molar-refractivity contribution in [3.63, 3.8) is 0 Å². The number of hydrogen-bond acceptors (Lipinski definition) is 5. The van der Waals surface area contributed by atoms with E-state index in [1.54, 1.807) is 17.6 Å². The number of fused-ring (bicyclic) bond motifs is 1. The Morgan fingerprint density at radius 3 is 2.67 bits per heavy atom. The van der Waals surface area contributed by atoms with Crippen LogP contribution >= 0.6 is 11.3 Å². The standard InChI is InChI=1S/C15H14N4OS/c1-9-10(2)19-14-5-11(3-4-13(14)18-9)15(20)16-6-12-7-21-8-17-12/h3-5,7-8H,6H2,1-2H3,(H,16,20). The second-order valence-electron chi connectivity index (χ2n) is 4.76. The van der Waals surface area contributed by atoms with Crippen molar-refractivity contribution in [2.24, 2.45) is 0 Å². The summed E-state index contributed by atoms with van der Waals surface area (Å²) in [5.74, 6) is -0.134. The molecule has 1 aromatic carbocycles. The third kappa shape index (κ3) is 2.90. The van der Waals surface area contributed by atoms with Crippen LogP contribution in [0.2, 0.25) is 0 Å². The lowest BCUT2D eigenvalue weighted by Gasteiger charge is -2.06. The lowest BCUT2D eigenvalue weighted by molar-refractivity contribution is 0.0950. The zero-order valence-electron chi connectivity index (χ0n) is 11.8. The fraction of sp³-hybridized carbons (Fsp3) is 0.200. The molecule has 0 unspecified atom stereocenters. The highest BCUT2D eigenvalue weighted by molar-refractivity contribution is 7.07. The SMILES string of the molecule is Cc1nc2ccc(C(=O)NCc3cscn3)cc2nc1C. The summed E-state index contributed by atoms with van der Waals surface area (Å²) in [6.07, 6.45) is 0. The Bertz CT molecular complexity index is 799. The van der Waals surface area contributed by atoms with Crippen LogP contribution in [0.25, 0.3) is 11.0 Å². The molecule has 1 amide bonds. The van der Waals surface area contributed by atoms with Crippen LogP contribution in [-0.2, 0) is 6.54 Å². The molecule has 1 N–H and O–H groups in total. The van der Waals surface area contributed by atoms with E-state index in [-0.39, 0.29) is 5.91 Å². The molecular weight excluding hydrogens is 284 g/mol. The van der Waals surface area contributed by atoms with Gasteiger partial charge in [0.05, 0.1) is 40.2 Å². The molecule has 5 nitrogen and oxygen atoms in total. The molecule has 6 heteroatoms. The van der Waals surface area contributed by atoms with Crippen molar-refractivity contribution in [3.05, 3.63) is 51.7 Å². The molecule has 2 heterocycles. The van der Waals surface area contributed by atoms with Gasteiger partial charge in [0.2, 0.25) is 0 Å².